The van der Waals surface area contributed by atoms with Gasteiger partial charge in [-0.3, -0.25) is 0 Å². The van der Waals surface area contributed by atoms with Crippen molar-refractivity contribution in [3.63, 3.8) is 0 Å². The van der Waals surface area contributed by atoms with Gasteiger partial charge in [0.15, 0.2) is 0 Å². The van der Waals surface area contributed by atoms with Gasteiger partial charge in [0.2, 0.25) is 0 Å². The molecule has 94 valence electrons. The summed E-state index contributed by atoms with van der Waals surface area (Å²) in [6, 6.07) is 1.56. The molecule has 16 heavy (non-hydrogen) atoms. The zero-order chi connectivity index (χ0) is 11.5. The van der Waals surface area contributed by atoms with E-state index in [1.165, 1.54) is 45.2 Å². The van der Waals surface area contributed by atoms with Crippen molar-refractivity contribution in [2.75, 3.05) is 33.7 Å². The Morgan fingerprint density at radius 1 is 1.19 bits per heavy atom. The largest absolute Gasteiger partial charge is 0.330 e. The summed E-state index contributed by atoms with van der Waals surface area (Å²) in [5.74, 6) is 0.754. The molecule has 1 aliphatic carbocycles. The maximum absolute atomic E-state index is 5.88. The first-order valence-corrected chi connectivity index (χ1v) is 6.83. The van der Waals surface area contributed by atoms with Crippen LogP contribution in [-0.2, 0) is 0 Å². The van der Waals surface area contributed by atoms with E-state index in [0.717, 1.165) is 24.5 Å². The highest BCUT2D eigenvalue weighted by Gasteiger charge is 2.33. The summed E-state index contributed by atoms with van der Waals surface area (Å²) in [4.78, 5) is 5.09. The van der Waals surface area contributed by atoms with Gasteiger partial charge in [0.25, 0.3) is 0 Å². The molecule has 0 amide bonds. The maximum Gasteiger partial charge on any atom is 0.0135 e. The van der Waals surface area contributed by atoms with Crippen molar-refractivity contribution in [2.45, 2.75) is 44.2 Å². The van der Waals surface area contributed by atoms with Crippen molar-refractivity contribution in [3.05, 3.63) is 0 Å². The highest BCUT2D eigenvalue weighted by molar-refractivity contribution is 4.89. The number of likely N-dealkylation sites (tertiary alicyclic amines) is 1. The molecule has 1 saturated heterocycles. The number of nitrogens with two attached hydrogens (primary N) is 1. The minimum absolute atomic E-state index is 0.754. The van der Waals surface area contributed by atoms with Gasteiger partial charge < -0.3 is 15.5 Å². The molecule has 2 aliphatic rings. The Balaban J connectivity index is 1.88. The Morgan fingerprint density at radius 2 is 1.88 bits per heavy atom. The molecule has 0 spiro atoms. The second-order valence-corrected chi connectivity index (χ2v) is 5.69. The molecule has 2 unspecified atom stereocenters. The normalized spacial score (nSPS) is 33.8. The van der Waals surface area contributed by atoms with E-state index in [2.05, 4.69) is 23.9 Å². The molecule has 2 atom stereocenters. The molecule has 0 aromatic carbocycles. The summed E-state index contributed by atoms with van der Waals surface area (Å²) in [6.45, 7) is 3.39. The standard InChI is InChI=1S/C13H27N3/c1-15-8-6-12(7-9-15)16(2)13-5-3-4-11(13)10-14/h11-13H,3-10,14H2,1-2H3. The first kappa shape index (κ1) is 12.3. The summed E-state index contributed by atoms with van der Waals surface area (Å²) in [5, 5.41) is 0. The van der Waals surface area contributed by atoms with Gasteiger partial charge in [-0.1, -0.05) is 6.42 Å². The molecule has 1 saturated carbocycles. The lowest BCUT2D eigenvalue weighted by molar-refractivity contribution is 0.0905. The molecule has 0 aromatic heterocycles. The smallest absolute Gasteiger partial charge is 0.0135 e. The number of hydrogen-bond donors (Lipinski definition) is 1. The van der Waals surface area contributed by atoms with Crippen LogP contribution in [0.1, 0.15) is 32.1 Å². The van der Waals surface area contributed by atoms with Crippen LogP contribution in [0.25, 0.3) is 0 Å². The molecule has 0 radical (unpaired) electrons. The summed E-state index contributed by atoms with van der Waals surface area (Å²) in [7, 11) is 4.56. The maximum atomic E-state index is 5.88. The van der Waals surface area contributed by atoms with E-state index in [1.807, 2.05) is 0 Å². The molecule has 2 N–H and O–H groups in total. The van der Waals surface area contributed by atoms with Crippen molar-refractivity contribution in [1.29, 1.82) is 0 Å². The summed E-state index contributed by atoms with van der Waals surface area (Å²) < 4.78 is 0. The Kier molecular flexibility index (Phi) is 4.22. The van der Waals surface area contributed by atoms with Crippen LogP contribution in [0.2, 0.25) is 0 Å². The van der Waals surface area contributed by atoms with E-state index in [4.69, 9.17) is 5.73 Å². The van der Waals surface area contributed by atoms with Crippen LogP contribution >= 0.6 is 0 Å². The second-order valence-electron chi connectivity index (χ2n) is 5.69. The first-order chi connectivity index (χ1) is 7.72. The topological polar surface area (TPSA) is 32.5 Å². The van der Waals surface area contributed by atoms with E-state index in [1.54, 1.807) is 0 Å². The molecule has 0 aromatic rings. The predicted octanol–water partition coefficient (Wildman–Crippen LogP) is 1.14. The SMILES string of the molecule is CN1CCC(N(C)C2CCCC2CN)CC1. The van der Waals surface area contributed by atoms with Crippen molar-refractivity contribution < 1.29 is 0 Å². The number of nitrogens with zero attached hydrogens (tertiary/aromatic N) is 2. The van der Waals surface area contributed by atoms with E-state index in [9.17, 15) is 0 Å². The molecule has 3 heteroatoms. The molecule has 3 nitrogen and oxygen atoms in total. The van der Waals surface area contributed by atoms with Crippen molar-refractivity contribution in [2.24, 2.45) is 11.7 Å². The fourth-order valence-electron chi connectivity index (χ4n) is 3.50. The van der Waals surface area contributed by atoms with Gasteiger partial charge in [-0.25, -0.2) is 0 Å². The summed E-state index contributed by atoms with van der Waals surface area (Å²) in [5.41, 5.74) is 5.88. The van der Waals surface area contributed by atoms with Gasteiger partial charge in [-0.05, 0) is 65.3 Å². The van der Waals surface area contributed by atoms with E-state index >= 15 is 0 Å². The number of rotatable bonds is 3. The van der Waals surface area contributed by atoms with Gasteiger partial charge in [-0.2, -0.15) is 0 Å². The minimum atomic E-state index is 0.754. The lowest BCUT2D eigenvalue weighted by Gasteiger charge is -2.40. The third-order valence-corrected chi connectivity index (χ3v) is 4.71. The zero-order valence-corrected chi connectivity index (χ0v) is 10.9. The average Bonchev–Trinajstić information content (AvgIpc) is 2.77. The van der Waals surface area contributed by atoms with Crippen LogP contribution in [0.5, 0.6) is 0 Å². The van der Waals surface area contributed by atoms with Crippen LogP contribution in [0.4, 0.5) is 0 Å². The van der Waals surface area contributed by atoms with Gasteiger partial charge in [-0.15, -0.1) is 0 Å². The van der Waals surface area contributed by atoms with Crippen molar-refractivity contribution in [3.8, 4) is 0 Å². The number of hydrogen-bond acceptors (Lipinski definition) is 3. The van der Waals surface area contributed by atoms with Gasteiger partial charge in [0, 0.05) is 12.1 Å². The third-order valence-electron chi connectivity index (χ3n) is 4.71. The first-order valence-electron chi connectivity index (χ1n) is 6.83. The fraction of sp³-hybridized carbons (Fsp3) is 1.00. The van der Waals surface area contributed by atoms with Gasteiger partial charge in [0.05, 0.1) is 0 Å². The Morgan fingerprint density at radius 3 is 2.50 bits per heavy atom. The molecule has 1 aliphatic heterocycles. The minimum Gasteiger partial charge on any atom is -0.330 e. The molecular weight excluding hydrogens is 198 g/mol. The fourth-order valence-corrected chi connectivity index (χ4v) is 3.50. The highest BCUT2D eigenvalue weighted by Crippen LogP contribution is 2.31. The van der Waals surface area contributed by atoms with E-state index in [-0.39, 0.29) is 0 Å². The number of piperidine rings is 1. The Bertz CT molecular complexity index is 211. The lowest BCUT2D eigenvalue weighted by atomic mass is 9.97. The van der Waals surface area contributed by atoms with Gasteiger partial charge >= 0.3 is 0 Å². The second kappa shape index (κ2) is 5.48. The molecule has 2 fully saturated rings. The predicted molar refractivity (Wildman–Crippen MR) is 68.5 cm³/mol. The zero-order valence-electron chi connectivity index (χ0n) is 10.9. The van der Waals surface area contributed by atoms with Crippen molar-refractivity contribution >= 4 is 0 Å². The van der Waals surface area contributed by atoms with Crippen LogP contribution in [-0.4, -0.2) is 55.6 Å². The Labute approximate surface area is 100.0 Å². The van der Waals surface area contributed by atoms with Crippen LogP contribution in [0, 0.1) is 5.92 Å². The van der Waals surface area contributed by atoms with Crippen molar-refractivity contribution in [1.82, 2.24) is 9.80 Å². The Hall–Kier alpha value is -0.120. The van der Waals surface area contributed by atoms with E-state index < -0.39 is 0 Å². The monoisotopic (exact) mass is 225 g/mol. The average molecular weight is 225 g/mol. The molecule has 2 rings (SSSR count). The molecule has 0 bridgehead atoms. The van der Waals surface area contributed by atoms with Crippen LogP contribution in [0.15, 0.2) is 0 Å². The quantitative estimate of drug-likeness (QED) is 0.782. The lowest BCUT2D eigenvalue weighted by Crippen LogP contribution is -2.48. The molecule has 1 heterocycles. The highest BCUT2D eigenvalue weighted by atomic mass is 15.2. The van der Waals surface area contributed by atoms with Crippen LogP contribution in [0.3, 0.4) is 0 Å². The summed E-state index contributed by atoms with van der Waals surface area (Å²) in [6.07, 6.45) is 6.76. The van der Waals surface area contributed by atoms with Gasteiger partial charge in [0.1, 0.15) is 0 Å². The summed E-state index contributed by atoms with van der Waals surface area (Å²) >= 11 is 0. The van der Waals surface area contributed by atoms with E-state index in [0.29, 0.717) is 0 Å². The molecular formula is C13H27N3. The van der Waals surface area contributed by atoms with Crippen LogP contribution < -0.4 is 5.73 Å². The third kappa shape index (κ3) is 2.58.